The quantitative estimate of drug-likeness (QED) is 0.797. The van der Waals surface area contributed by atoms with Gasteiger partial charge in [0.25, 0.3) is 0 Å². The molecule has 5 heteroatoms. The fraction of sp³-hybridized carbons (Fsp3) is 0. The second-order valence-electron chi connectivity index (χ2n) is 3.49. The van der Waals surface area contributed by atoms with E-state index in [0.717, 1.165) is 0 Å². The average molecular weight is 316 g/mol. The molecule has 2 aromatic rings. The highest BCUT2D eigenvalue weighted by atomic mass is 79.9. The van der Waals surface area contributed by atoms with Crippen LogP contribution < -0.4 is 11.1 Å². The van der Waals surface area contributed by atoms with Crippen molar-refractivity contribution in [2.45, 2.75) is 0 Å². The molecule has 0 saturated heterocycles. The number of nitrogens with one attached hydrogen (secondary N) is 1. The number of hydrogen-bond acceptors (Lipinski definition) is 2. The smallest absolute Gasteiger partial charge is 0.139 e. The van der Waals surface area contributed by atoms with E-state index in [2.05, 4.69) is 21.2 Å². The van der Waals surface area contributed by atoms with Crippen molar-refractivity contribution in [1.82, 2.24) is 0 Å². The van der Waals surface area contributed by atoms with Crippen LogP contribution in [0.1, 0.15) is 0 Å². The van der Waals surface area contributed by atoms with Gasteiger partial charge in [0.1, 0.15) is 5.82 Å². The molecule has 0 bridgehead atoms. The molecule has 0 aliphatic rings. The molecule has 0 aromatic heterocycles. The van der Waals surface area contributed by atoms with Gasteiger partial charge in [0.2, 0.25) is 0 Å². The zero-order valence-electron chi connectivity index (χ0n) is 8.68. The number of nitrogens with two attached hydrogens (primary N) is 1. The van der Waals surface area contributed by atoms with Crippen molar-refractivity contribution >= 4 is 44.6 Å². The lowest BCUT2D eigenvalue weighted by Crippen LogP contribution is -1.93. The summed E-state index contributed by atoms with van der Waals surface area (Å²) in [5.41, 5.74) is 7.48. The number of anilines is 3. The number of nitrogen functional groups attached to an aromatic ring is 1. The molecule has 0 heterocycles. The van der Waals surface area contributed by atoms with Crippen molar-refractivity contribution < 1.29 is 4.39 Å². The van der Waals surface area contributed by atoms with Gasteiger partial charge in [0, 0.05) is 11.4 Å². The molecule has 0 amide bonds. The second kappa shape index (κ2) is 4.94. The Labute approximate surface area is 112 Å². The first-order valence-electron chi connectivity index (χ1n) is 4.83. The van der Waals surface area contributed by atoms with Crippen molar-refractivity contribution in [2.24, 2.45) is 0 Å². The fourth-order valence-electron chi connectivity index (χ4n) is 1.36. The molecular formula is C12H9BrClFN2. The summed E-state index contributed by atoms with van der Waals surface area (Å²) < 4.78 is 13.7. The first-order chi connectivity index (χ1) is 8.06. The van der Waals surface area contributed by atoms with E-state index in [-0.39, 0.29) is 5.82 Å². The molecule has 0 fully saturated rings. The van der Waals surface area contributed by atoms with Gasteiger partial charge in [-0.15, -0.1) is 0 Å². The lowest BCUT2D eigenvalue weighted by molar-refractivity contribution is 0.622. The van der Waals surface area contributed by atoms with E-state index in [1.165, 1.54) is 6.07 Å². The maximum absolute atomic E-state index is 13.3. The molecule has 3 N–H and O–H groups in total. The monoisotopic (exact) mass is 314 g/mol. The van der Waals surface area contributed by atoms with Crippen LogP contribution in [0.2, 0.25) is 5.02 Å². The van der Waals surface area contributed by atoms with Crippen LogP contribution in [-0.2, 0) is 0 Å². The molecule has 0 aliphatic carbocycles. The molecule has 0 radical (unpaired) electrons. The largest absolute Gasteiger partial charge is 0.399 e. The fourth-order valence-corrected chi connectivity index (χ4v) is 1.84. The van der Waals surface area contributed by atoms with Crippen LogP contribution in [0.4, 0.5) is 21.5 Å². The summed E-state index contributed by atoms with van der Waals surface area (Å²) in [6, 6.07) is 9.87. The molecule has 2 rings (SSSR count). The van der Waals surface area contributed by atoms with Gasteiger partial charge in [-0.1, -0.05) is 11.6 Å². The molecule has 17 heavy (non-hydrogen) atoms. The molecule has 88 valence electrons. The van der Waals surface area contributed by atoms with Crippen LogP contribution in [0.15, 0.2) is 40.9 Å². The third-order valence-corrected chi connectivity index (χ3v) is 3.15. The topological polar surface area (TPSA) is 38.0 Å². The van der Waals surface area contributed by atoms with Gasteiger partial charge in [0.15, 0.2) is 0 Å². The summed E-state index contributed by atoms with van der Waals surface area (Å²) in [5, 5.41) is 3.51. The number of rotatable bonds is 2. The highest BCUT2D eigenvalue weighted by Crippen LogP contribution is 2.28. The van der Waals surface area contributed by atoms with Crippen LogP contribution >= 0.6 is 27.5 Å². The molecule has 0 atom stereocenters. The Morgan fingerprint density at radius 1 is 1.18 bits per heavy atom. The first-order valence-corrected chi connectivity index (χ1v) is 6.00. The third kappa shape index (κ3) is 2.90. The predicted octanol–water partition coefficient (Wildman–Crippen LogP) is 4.57. The van der Waals surface area contributed by atoms with Gasteiger partial charge in [-0.25, -0.2) is 4.39 Å². The Hall–Kier alpha value is -1.26. The van der Waals surface area contributed by atoms with Crippen LogP contribution in [0, 0.1) is 5.82 Å². The Balaban J connectivity index is 2.28. The predicted molar refractivity (Wildman–Crippen MR) is 73.2 cm³/mol. The van der Waals surface area contributed by atoms with Crippen molar-refractivity contribution in [2.75, 3.05) is 11.1 Å². The van der Waals surface area contributed by atoms with E-state index < -0.39 is 0 Å². The summed E-state index contributed by atoms with van der Waals surface area (Å²) in [6.45, 7) is 0. The number of hydrogen-bond donors (Lipinski definition) is 2. The highest BCUT2D eigenvalue weighted by Gasteiger charge is 2.04. The summed E-state index contributed by atoms with van der Waals surface area (Å²) >= 11 is 9.10. The number of halogens is 3. The van der Waals surface area contributed by atoms with Gasteiger partial charge in [0.05, 0.1) is 15.2 Å². The van der Waals surface area contributed by atoms with E-state index in [1.807, 2.05) is 0 Å². The maximum Gasteiger partial charge on any atom is 0.139 e. The van der Waals surface area contributed by atoms with Gasteiger partial charge in [-0.2, -0.15) is 0 Å². The SMILES string of the molecule is Nc1ccc(Nc2ccc(Br)c(F)c2)c(Cl)c1. The lowest BCUT2D eigenvalue weighted by atomic mass is 10.2. The van der Waals surface area contributed by atoms with E-state index in [1.54, 1.807) is 30.3 Å². The summed E-state index contributed by atoms with van der Waals surface area (Å²) in [6.07, 6.45) is 0. The normalized spacial score (nSPS) is 10.3. The van der Waals surface area contributed by atoms with Gasteiger partial charge >= 0.3 is 0 Å². The molecule has 0 spiro atoms. The Morgan fingerprint density at radius 3 is 2.59 bits per heavy atom. The zero-order valence-corrected chi connectivity index (χ0v) is 11.0. The lowest BCUT2D eigenvalue weighted by Gasteiger charge is -2.09. The minimum absolute atomic E-state index is 0.332. The molecule has 2 aromatic carbocycles. The standard InChI is InChI=1S/C12H9BrClFN2/c13-9-3-2-8(6-11(9)15)17-12-4-1-7(16)5-10(12)14/h1-6,17H,16H2. The minimum atomic E-state index is -0.332. The molecule has 0 saturated carbocycles. The van der Waals surface area contributed by atoms with Crippen LogP contribution in [0.3, 0.4) is 0 Å². The summed E-state index contributed by atoms with van der Waals surface area (Å²) in [4.78, 5) is 0. The highest BCUT2D eigenvalue weighted by molar-refractivity contribution is 9.10. The van der Waals surface area contributed by atoms with Crippen molar-refractivity contribution in [3.8, 4) is 0 Å². The summed E-state index contributed by atoms with van der Waals surface area (Å²) in [7, 11) is 0. The Kier molecular flexibility index (Phi) is 3.54. The van der Waals surface area contributed by atoms with E-state index in [9.17, 15) is 4.39 Å². The average Bonchev–Trinajstić information content (AvgIpc) is 2.27. The second-order valence-corrected chi connectivity index (χ2v) is 4.75. The van der Waals surface area contributed by atoms with Gasteiger partial charge in [-0.3, -0.25) is 0 Å². The Morgan fingerprint density at radius 2 is 1.94 bits per heavy atom. The van der Waals surface area contributed by atoms with E-state index in [4.69, 9.17) is 17.3 Å². The Bertz CT molecular complexity index is 560. The first kappa shape index (κ1) is 12.2. The third-order valence-electron chi connectivity index (χ3n) is 2.19. The zero-order chi connectivity index (χ0) is 12.4. The van der Waals surface area contributed by atoms with Crippen LogP contribution in [-0.4, -0.2) is 0 Å². The molecule has 2 nitrogen and oxygen atoms in total. The van der Waals surface area contributed by atoms with Gasteiger partial charge < -0.3 is 11.1 Å². The van der Waals surface area contributed by atoms with Crippen LogP contribution in [0.25, 0.3) is 0 Å². The van der Waals surface area contributed by atoms with E-state index in [0.29, 0.717) is 26.6 Å². The van der Waals surface area contributed by atoms with Crippen molar-refractivity contribution in [1.29, 1.82) is 0 Å². The summed E-state index contributed by atoms with van der Waals surface area (Å²) in [5.74, 6) is -0.332. The van der Waals surface area contributed by atoms with Gasteiger partial charge in [-0.05, 0) is 52.3 Å². The number of benzene rings is 2. The minimum Gasteiger partial charge on any atom is -0.399 e. The van der Waals surface area contributed by atoms with E-state index >= 15 is 0 Å². The van der Waals surface area contributed by atoms with Crippen molar-refractivity contribution in [3.63, 3.8) is 0 Å². The van der Waals surface area contributed by atoms with Crippen LogP contribution in [0.5, 0.6) is 0 Å². The van der Waals surface area contributed by atoms with Crippen molar-refractivity contribution in [3.05, 3.63) is 51.7 Å². The molecular weight excluding hydrogens is 307 g/mol. The molecule has 0 aliphatic heterocycles. The maximum atomic E-state index is 13.3. The molecule has 0 unspecified atom stereocenters.